The maximum atomic E-state index is 12.2. The Kier molecular flexibility index (Phi) is 5.48. The normalized spacial score (nSPS) is 10.3. The first-order chi connectivity index (χ1) is 10.6. The number of amides is 1. The average molecular weight is 295 g/mol. The summed E-state index contributed by atoms with van der Waals surface area (Å²) in [7, 11) is 0. The van der Waals surface area contributed by atoms with Crippen LogP contribution in [0.5, 0.6) is 0 Å². The van der Waals surface area contributed by atoms with E-state index in [9.17, 15) is 9.59 Å². The molecule has 0 aliphatic rings. The number of benzene rings is 2. The van der Waals surface area contributed by atoms with Crippen molar-refractivity contribution in [3.63, 3.8) is 0 Å². The lowest BCUT2D eigenvalue weighted by atomic mass is 10.1. The molecule has 0 bridgehead atoms. The number of hydrogen-bond acceptors (Lipinski definition) is 2. The third-order valence-electron chi connectivity index (χ3n) is 3.58. The maximum absolute atomic E-state index is 12.2. The van der Waals surface area contributed by atoms with Gasteiger partial charge in [-0.3, -0.25) is 9.59 Å². The molecular formula is C19H21NO2. The minimum Gasteiger partial charge on any atom is -0.322 e. The summed E-state index contributed by atoms with van der Waals surface area (Å²) in [6, 6.07) is 14.6. The molecule has 0 spiro atoms. The van der Waals surface area contributed by atoms with E-state index in [1.165, 1.54) is 18.9 Å². The van der Waals surface area contributed by atoms with E-state index in [1.54, 1.807) is 24.3 Å². The number of Topliss-reactive ketones (excluding diaryl/α,β-unsaturated/α-hetero) is 1. The van der Waals surface area contributed by atoms with Crippen LogP contribution in [0.15, 0.2) is 48.5 Å². The SMILES string of the molecule is CCCCc1ccc(C(=O)Nc2ccc(C(C)=O)cc2)cc1. The largest absolute Gasteiger partial charge is 0.322 e. The summed E-state index contributed by atoms with van der Waals surface area (Å²) in [6.07, 6.45) is 3.37. The van der Waals surface area contributed by atoms with Gasteiger partial charge in [-0.05, 0) is 61.7 Å². The molecule has 0 saturated carbocycles. The van der Waals surface area contributed by atoms with E-state index in [0.717, 1.165) is 12.8 Å². The van der Waals surface area contributed by atoms with Crippen LogP contribution < -0.4 is 5.32 Å². The maximum Gasteiger partial charge on any atom is 0.255 e. The van der Waals surface area contributed by atoms with Crippen molar-refractivity contribution in [1.29, 1.82) is 0 Å². The molecule has 2 rings (SSSR count). The number of nitrogens with one attached hydrogen (secondary N) is 1. The lowest BCUT2D eigenvalue weighted by molar-refractivity contribution is 0.101. The smallest absolute Gasteiger partial charge is 0.255 e. The quantitative estimate of drug-likeness (QED) is 0.798. The van der Waals surface area contributed by atoms with Crippen molar-refractivity contribution >= 4 is 17.4 Å². The molecule has 1 N–H and O–H groups in total. The molecule has 114 valence electrons. The third-order valence-corrected chi connectivity index (χ3v) is 3.58. The van der Waals surface area contributed by atoms with E-state index in [2.05, 4.69) is 12.2 Å². The molecule has 0 fully saturated rings. The molecule has 3 heteroatoms. The van der Waals surface area contributed by atoms with E-state index in [4.69, 9.17) is 0 Å². The number of anilines is 1. The number of ketones is 1. The minimum atomic E-state index is -0.141. The van der Waals surface area contributed by atoms with E-state index < -0.39 is 0 Å². The highest BCUT2D eigenvalue weighted by Gasteiger charge is 2.06. The Balaban J connectivity index is 2.00. The zero-order valence-electron chi connectivity index (χ0n) is 13.1. The van der Waals surface area contributed by atoms with Gasteiger partial charge in [-0.15, -0.1) is 0 Å². The molecular weight excluding hydrogens is 274 g/mol. The van der Waals surface area contributed by atoms with E-state index in [1.807, 2.05) is 24.3 Å². The second kappa shape index (κ2) is 7.55. The van der Waals surface area contributed by atoms with Gasteiger partial charge in [-0.2, -0.15) is 0 Å². The van der Waals surface area contributed by atoms with Crippen LogP contribution in [0.3, 0.4) is 0 Å². The molecule has 0 unspecified atom stereocenters. The van der Waals surface area contributed by atoms with Crippen molar-refractivity contribution in [2.24, 2.45) is 0 Å². The predicted molar refractivity (Wildman–Crippen MR) is 89.5 cm³/mol. The highest BCUT2D eigenvalue weighted by Crippen LogP contribution is 2.13. The van der Waals surface area contributed by atoms with Crippen LogP contribution in [0.4, 0.5) is 5.69 Å². The van der Waals surface area contributed by atoms with Crippen LogP contribution >= 0.6 is 0 Å². The van der Waals surface area contributed by atoms with Gasteiger partial charge in [-0.25, -0.2) is 0 Å². The summed E-state index contributed by atoms with van der Waals surface area (Å²) in [6.45, 7) is 3.69. The standard InChI is InChI=1S/C19H21NO2/c1-3-4-5-15-6-8-17(9-7-15)19(22)20-18-12-10-16(11-13-18)14(2)21/h6-13H,3-5H2,1-2H3,(H,20,22). The molecule has 1 amide bonds. The monoisotopic (exact) mass is 295 g/mol. The van der Waals surface area contributed by atoms with E-state index in [0.29, 0.717) is 16.8 Å². The highest BCUT2D eigenvalue weighted by molar-refractivity contribution is 6.04. The molecule has 2 aromatic carbocycles. The van der Waals surface area contributed by atoms with Gasteiger partial charge in [0.1, 0.15) is 0 Å². The van der Waals surface area contributed by atoms with Crippen molar-refractivity contribution in [3.05, 3.63) is 65.2 Å². The van der Waals surface area contributed by atoms with Crippen LogP contribution in [-0.4, -0.2) is 11.7 Å². The van der Waals surface area contributed by atoms with Gasteiger partial charge < -0.3 is 5.32 Å². The number of aryl methyl sites for hydroxylation is 1. The minimum absolute atomic E-state index is 0.0144. The zero-order valence-corrected chi connectivity index (χ0v) is 13.1. The lowest BCUT2D eigenvalue weighted by Crippen LogP contribution is -2.11. The number of rotatable bonds is 6. The van der Waals surface area contributed by atoms with Crippen LogP contribution in [0, 0.1) is 0 Å². The lowest BCUT2D eigenvalue weighted by Gasteiger charge is -2.07. The number of hydrogen-bond donors (Lipinski definition) is 1. The van der Waals surface area contributed by atoms with E-state index in [-0.39, 0.29) is 11.7 Å². The number of carbonyl (C=O) groups is 2. The van der Waals surface area contributed by atoms with Crippen LogP contribution in [-0.2, 0) is 6.42 Å². The number of carbonyl (C=O) groups excluding carboxylic acids is 2. The molecule has 2 aromatic rings. The third kappa shape index (κ3) is 4.29. The second-order valence-corrected chi connectivity index (χ2v) is 5.39. The summed E-state index contributed by atoms with van der Waals surface area (Å²) >= 11 is 0. The van der Waals surface area contributed by atoms with Gasteiger partial charge in [0.25, 0.3) is 5.91 Å². The molecule has 0 aliphatic heterocycles. The Hall–Kier alpha value is -2.42. The van der Waals surface area contributed by atoms with Crippen molar-refractivity contribution in [2.45, 2.75) is 33.1 Å². The Labute approximate surface area is 131 Å². The average Bonchev–Trinajstić information content (AvgIpc) is 2.54. The molecule has 3 nitrogen and oxygen atoms in total. The van der Waals surface area contributed by atoms with Gasteiger partial charge >= 0.3 is 0 Å². The molecule has 0 heterocycles. The second-order valence-electron chi connectivity index (χ2n) is 5.39. The fraction of sp³-hybridized carbons (Fsp3) is 0.263. The molecule has 0 radical (unpaired) electrons. The van der Waals surface area contributed by atoms with Crippen LogP contribution in [0.1, 0.15) is 53.0 Å². The summed E-state index contributed by atoms with van der Waals surface area (Å²) < 4.78 is 0. The molecule has 0 atom stereocenters. The Morgan fingerprint density at radius 3 is 2.05 bits per heavy atom. The van der Waals surface area contributed by atoms with Gasteiger partial charge in [-0.1, -0.05) is 25.5 Å². The Morgan fingerprint density at radius 2 is 1.50 bits per heavy atom. The fourth-order valence-corrected chi connectivity index (χ4v) is 2.20. The summed E-state index contributed by atoms with van der Waals surface area (Å²) in [5.41, 5.74) is 3.21. The van der Waals surface area contributed by atoms with Gasteiger partial charge in [0.2, 0.25) is 0 Å². The van der Waals surface area contributed by atoms with Gasteiger partial charge in [0, 0.05) is 16.8 Å². The first-order valence-electron chi connectivity index (χ1n) is 7.61. The summed E-state index contributed by atoms with van der Waals surface area (Å²) in [5.74, 6) is -0.127. The predicted octanol–water partition coefficient (Wildman–Crippen LogP) is 4.48. The van der Waals surface area contributed by atoms with Crippen LogP contribution in [0.25, 0.3) is 0 Å². The first-order valence-corrected chi connectivity index (χ1v) is 7.61. The van der Waals surface area contributed by atoms with Crippen molar-refractivity contribution in [3.8, 4) is 0 Å². The summed E-state index contributed by atoms with van der Waals surface area (Å²) in [5, 5.41) is 2.84. The van der Waals surface area contributed by atoms with Crippen LogP contribution in [0.2, 0.25) is 0 Å². The highest BCUT2D eigenvalue weighted by atomic mass is 16.1. The molecule has 0 aliphatic carbocycles. The Bertz CT molecular complexity index is 642. The molecule has 0 aromatic heterocycles. The van der Waals surface area contributed by atoms with Crippen molar-refractivity contribution in [2.75, 3.05) is 5.32 Å². The topological polar surface area (TPSA) is 46.2 Å². The summed E-state index contributed by atoms with van der Waals surface area (Å²) in [4.78, 5) is 23.4. The van der Waals surface area contributed by atoms with Crippen molar-refractivity contribution < 1.29 is 9.59 Å². The Morgan fingerprint density at radius 1 is 0.909 bits per heavy atom. The number of unbranched alkanes of at least 4 members (excludes halogenated alkanes) is 1. The van der Waals surface area contributed by atoms with Crippen molar-refractivity contribution in [1.82, 2.24) is 0 Å². The van der Waals surface area contributed by atoms with Gasteiger partial charge in [0.15, 0.2) is 5.78 Å². The van der Waals surface area contributed by atoms with Gasteiger partial charge in [0.05, 0.1) is 0 Å². The first kappa shape index (κ1) is 16.0. The zero-order chi connectivity index (χ0) is 15.9. The van der Waals surface area contributed by atoms with E-state index >= 15 is 0 Å². The molecule has 22 heavy (non-hydrogen) atoms. The fourth-order valence-electron chi connectivity index (χ4n) is 2.20. The molecule has 0 saturated heterocycles.